The average molecular weight is 343 g/mol. The Kier molecular flexibility index (Phi) is 4.07. The van der Waals surface area contributed by atoms with Gasteiger partial charge in [-0.05, 0) is 18.2 Å². The van der Waals surface area contributed by atoms with Crippen LogP contribution in [0.2, 0.25) is 0 Å². The number of aromatic carboxylic acids is 1. The van der Waals surface area contributed by atoms with Gasteiger partial charge in [0.15, 0.2) is 0 Å². The molecule has 7 nitrogen and oxygen atoms in total. The SMILES string of the molecule is O=C(Nc1nncs1)Nc1ccc(Br)cc1C(=O)O. The Labute approximate surface area is 119 Å². The van der Waals surface area contributed by atoms with Crippen molar-refractivity contribution in [1.82, 2.24) is 10.2 Å². The van der Waals surface area contributed by atoms with Crippen molar-refractivity contribution < 1.29 is 14.7 Å². The first-order chi connectivity index (χ1) is 9.06. The molecule has 0 spiro atoms. The summed E-state index contributed by atoms with van der Waals surface area (Å²) in [6.07, 6.45) is 0. The van der Waals surface area contributed by atoms with Gasteiger partial charge < -0.3 is 10.4 Å². The van der Waals surface area contributed by atoms with Crippen LogP contribution in [0.4, 0.5) is 15.6 Å². The third kappa shape index (κ3) is 3.48. The number of rotatable bonds is 3. The summed E-state index contributed by atoms with van der Waals surface area (Å²) in [5, 5.41) is 21.5. The fraction of sp³-hybridized carbons (Fsp3) is 0. The first kappa shape index (κ1) is 13.4. The highest BCUT2D eigenvalue weighted by Gasteiger charge is 2.13. The van der Waals surface area contributed by atoms with Crippen LogP contribution >= 0.6 is 27.3 Å². The van der Waals surface area contributed by atoms with Gasteiger partial charge in [-0.3, -0.25) is 5.32 Å². The second kappa shape index (κ2) is 5.76. The van der Waals surface area contributed by atoms with Gasteiger partial charge in [-0.25, -0.2) is 9.59 Å². The van der Waals surface area contributed by atoms with E-state index in [0.717, 1.165) is 11.3 Å². The number of hydrogen-bond donors (Lipinski definition) is 3. The van der Waals surface area contributed by atoms with Crippen LogP contribution < -0.4 is 10.6 Å². The zero-order valence-corrected chi connectivity index (χ0v) is 11.7. The van der Waals surface area contributed by atoms with Crippen LogP contribution in [0.25, 0.3) is 0 Å². The van der Waals surface area contributed by atoms with Crippen molar-refractivity contribution in [3.63, 3.8) is 0 Å². The predicted molar refractivity (Wildman–Crippen MR) is 73.7 cm³/mol. The maximum atomic E-state index is 11.7. The first-order valence-electron chi connectivity index (χ1n) is 4.93. The maximum absolute atomic E-state index is 11.7. The minimum Gasteiger partial charge on any atom is -0.478 e. The molecule has 9 heteroatoms. The lowest BCUT2D eigenvalue weighted by molar-refractivity contribution is 0.0698. The van der Waals surface area contributed by atoms with E-state index in [-0.39, 0.29) is 11.3 Å². The van der Waals surface area contributed by atoms with Crippen LogP contribution in [0, 0.1) is 0 Å². The van der Waals surface area contributed by atoms with E-state index in [2.05, 4.69) is 36.8 Å². The Bertz CT molecular complexity index is 617. The third-order valence-electron chi connectivity index (χ3n) is 2.04. The lowest BCUT2D eigenvalue weighted by Gasteiger charge is -2.08. The van der Waals surface area contributed by atoms with Crippen LogP contribution in [0.5, 0.6) is 0 Å². The molecule has 0 atom stereocenters. The molecule has 0 fully saturated rings. The molecule has 0 saturated carbocycles. The number of carbonyl (C=O) groups is 2. The van der Waals surface area contributed by atoms with E-state index in [1.165, 1.54) is 17.6 Å². The number of hydrogen-bond acceptors (Lipinski definition) is 5. The van der Waals surface area contributed by atoms with Gasteiger partial charge >= 0.3 is 12.0 Å². The monoisotopic (exact) mass is 342 g/mol. The Morgan fingerprint density at radius 1 is 1.32 bits per heavy atom. The third-order valence-corrected chi connectivity index (χ3v) is 3.14. The smallest absolute Gasteiger partial charge is 0.337 e. The topological polar surface area (TPSA) is 104 Å². The van der Waals surface area contributed by atoms with Crippen LogP contribution in [0.3, 0.4) is 0 Å². The molecule has 2 rings (SSSR count). The van der Waals surface area contributed by atoms with E-state index in [1.54, 1.807) is 6.07 Å². The van der Waals surface area contributed by atoms with Gasteiger partial charge in [0, 0.05) is 4.47 Å². The van der Waals surface area contributed by atoms with E-state index in [1.807, 2.05) is 0 Å². The van der Waals surface area contributed by atoms with E-state index in [9.17, 15) is 9.59 Å². The maximum Gasteiger partial charge on any atom is 0.337 e. The van der Waals surface area contributed by atoms with Gasteiger partial charge in [0.1, 0.15) is 5.51 Å². The summed E-state index contributed by atoms with van der Waals surface area (Å²) < 4.78 is 0.611. The molecule has 0 unspecified atom stereocenters. The van der Waals surface area contributed by atoms with Crippen molar-refractivity contribution in [2.75, 3.05) is 10.6 Å². The number of anilines is 2. The number of halogens is 1. The second-order valence-electron chi connectivity index (χ2n) is 3.32. The molecule has 98 valence electrons. The van der Waals surface area contributed by atoms with Gasteiger partial charge in [-0.1, -0.05) is 27.3 Å². The van der Waals surface area contributed by atoms with Crippen LogP contribution in [-0.4, -0.2) is 27.3 Å². The number of carbonyl (C=O) groups excluding carboxylic acids is 1. The van der Waals surface area contributed by atoms with Crippen molar-refractivity contribution in [3.05, 3.63) is 33.7 Å². The van der Waals surface area contributed by atoms with Gasteiger partial charge in [0.2, 0.25) is 5.13 Å². The number of amides is 2. The van der Waals surface area contributed by atoms with E-state index in [0.29, 0.717) is 9.60 Å². The number of carboxylic acid groups (broad SMARTS) is 1. The molecule has 19 heavy (non-hydrogen) atoms. The van der Waals surface area contributed by atoms with Crippen molar-refractivity contribution in [1.29, 1.82) is 0 Å². The van der Waals surface area contributed by atoms with Crippen molar-refractivity contribution in [2.24, 2.45) is 0 Å². The van der Waals surface area contributed by atoms with Crippen molar-refractivity contribution >= 4 is 50.1 Å². The van der Waals surface area contributed by atoms with E-state index >= 15 is 0 Å². The molecule has 0 aliphatic heterocycles. The molecular weight excluding hydrogens is 336 g/mol. The molecule has 0 bridgehead atoms. The van der Waals surface area contributed by atoms with E-state index < -0.39 is 12.0 Å². The van der Waals surface area contributed by atoms with Gasteiger partial charge in [0.25, 0.3) is 0 Å². The molecule has 3 N–H and O–H groups in total. The summed E-state index contributed by atoms with van der Waals surface area (Å²) >= 11 is 4.33. The molecule has 0 aliphatic carbocycles. The zero-order valence-electron chi connectivity index (χ0n) is 9.25. The number of urea groups is 1. The Morgan fingerprint density at radius 3 is 2.74 bits per heavy atom. The predicted octanol–water partition coefficient (Wildman–Crippen LogP) is 2.64. The molecule has 0 saturated heterocycles. The lowest BCUT2D eigenvalue weighted by atomic mass is 10.2. The standard InChI is InChI=1S/C10H7BrN4O3S/c11-5-1-2-7(6(3-5)8(16)17)13-9(18)14-10-15-12-4-19-10/h1-4H,(H,16,17)(H2,13,14,15,18). The van der Waals surface area contributed by atoms with Gasteiger partial charge in [-0.2, -0.15) is 0 Å². The summed E-state index contributed by atoms with van der Waals surface area (Å²) in [5.74, 6) is -1.13. The molecule has 1 aromatic heterocycles. The normalized spacial score (nSPS) is 9.95. The minimum absolute atomic E-state index is 0.0122. The first-order valence-corrected chi connectivity index (χ1v) is 6.60. The van der Waals surface area contributed by atoms with Gasteiger partial charge in [0.05, 0.1) is 11.3 Å². The largest absolute Gasteiger partial charge is 0.478 e. The second-order valence-corrected chi connectivity index (χ2v) is 5.07. The summed E-state index contributed by atoms with van der Waals surface area (Å²) in [7, 11) is 0. The summed E-state index contributed by atoms with van der Waals surface area (Å²) in [5.41, 5.74) is 1.65. The molecule has 2 amide bonds. The van der Waals surface area contributed by atoms with Crippen molar-refractivity contribution in [3.8, 4) is 0 Å². The van der Waals surface area contributed by atoms with Gasteiger partial charge in [-0.15, -0.1) is 10.2 Å². The molecule has 0 radical (unpaired) electrons. The summed E-state index contributed by atoms with van der Waals surface area (Å²) in [6.45, 7) is 0. The Balaban J connectivity index is 2.14. The van der Waals surface area contributed by atoms with Crippen LogP contribution in [0.1, 0.15) is 10.4 Å². The molecule has 2 aromatic rings. The number of nitrogens with zero attached hydrogens (tertiary/aromatic N) is 2. The highest BCUT2D eigenvalue weighted by molar-refractivity contribution is 9.10. The number of carboxylic acids is 1. The molecule has 1 aromatic carbocycles. The lowest BCUT2D eigenvalue weighted by Crippen LogP contribution is -2.21. The van der Waals surface area contributed by atoms with Crippen LogP contribution in [-0.2, 0) is 0 Å². The highest BCUT2D eigenvalue weighted by Crippen LogP contribution is 2.21. The van der Waals surface area contributed by atoms with E-state index in [4.69, 9.17) is 5.11 Å². The quantitative estimate of drug-likeness (QED) is 0.795. The fourth-order valence-electron chi connectivity index (χ4n) is 1.28. The number of nitrogens with one attached hydrogen (secondary N) is 2. The average Bonchev–Trinajstić information content (AvgIpc) is 2.83. The Morgan fingerprint density at radius 2 is 2.11 bits per heavy atom. The number of aromatic nitrogens is 2. The zero-order chi connectivity index (χ0) is 13.8. The molecule has 0 aliphatic rings. The minimum atomic E-state index is -1.13. The number of benzene rings is 1. The Hall–Kier alpha value is -2.00. The summed E-state index contributed by atoms with van der Waals surface area (Å²) in [4.78, 5) is 22.7. The summed E-state index contributed by atoms with van der Waals surface area (Å²) in [6, 6.07) is 3.95. The molecule has 1 heterocycles. The highest BCUT2D eigenvalue weighted by atomic mass is 79.9. The van der Waals surface area contributed by atoms with Crippen molar-refractivity contribution in [2.45, 2.75) is 0 Å². The fourth-order valence-corrected chi connectivity index (χ4v) is 2.08. The van der Waals surface area contributed by atoms with Crippen LogP contribution in [0.15, 0.2) is 28.2 Å². The molecular formula is C10H7BrN4O3S.